The summed E-state index contributed by atoms with van der Waals surface area (Å²) in [5.74, 6) is 0.485. The van der Waals surface area contributed by atoms with Crippen LogP contribution in [0.2, 0.25) is 0 Å². The van der Waals surface area contributed by atoms with Gasteiger partial charge >= 0.3 is 0 Å². The minimum atomic E-state index is -0.256. The van der Waals surface area contributed by atoms with Crippen LogP contribution in [0.1, 0.15) is 15.9 Å². The van der Waals surface area contributed by atoms with Crippen LogP contribution in [0.15, 0.2) is 78.2 Å². The lowest BCUT2D eigenvalue weighted by Gasteiger charge is -2.04. The van der Waals surface area contributed by atoms with Crippen molar-refractivity contribution in [2.75, 3.05) is 7.11 Å². The molecular weight excluding hydrogens is 302 g/mol. The van der Waals surface area contributed by atoms with Gasteiger partial charge in [0.25, 0.3) is 5.91 Å². The van der Waals surface area contributed by atoms with Gasteiger partial charge in [-0.25, -0.2) is 5.43 Å². The highest BCUT2D eigenvalue weighted by atomic mass is 16.5. The molecule has 0 radical (unpaired) electrons. The van der Waals surface area contributed by atoms with Crippen LogP contribution in [0, 0.1) is 0 Å². The second-order valence-electron chi connectivity index (χ2n) is 5.11. The fourth-order valence-electron chi connectivity index (χ4n) is 2.24. The van der Waals surface area contributed by atoms with E-state index in [4.69, 9.17) is 4.74 Å². The molecule has 0 aliphatic carbocycles. The summed E-state index contributed by atoms with van der Waals surface area (Å²) in [6.45, 7) is 0. The Balaban J connectivity index is 1.63. The minimum Gasteiger partial charge on any atom is -0.497 e. The number of benzene rings is 2. The molecule has 5 nitrogen and oxygen atoms in total. The lowest BCUT2D eigenvalue weighted by atomic mass is 10.2. The first kappa shape index (κ1) is 15.6. The predicted octanol–water partition coefficient (Wildman–Crippen LogP) is 3.25. The number of carbonyl (C=O) groups is 1. The molecule has 0 saturated carbocycles. The number of amides is 1. The van der Waals surface area contributed by atoms with E-state index in [-0.39, 0.29) is 5.91 Å². The van der Waals surface area contributed by atoms with E-state index in [1.165, 1.54) is 0 Å². The van der Waals surface area contributed by atoms with E-state index in [0.29, 0.717) is 5.56 Å². The van der Waals surface area contributed by atoms with Crippen molar-refractivity contribution >= 4 is 12.1 Å². The van der Waals surface area contributed by atoms with Gasteiger partial charge < -0.3 is 9.30 Å². The van der Waals surface area contributed by atoms with Gasteiger partial charge in [-0.15, -0.1) is 0 Å². The molecule has 1 heterocycles. The van der Waals surface area contributed by atoms with Gasteiger partial charge in [-0.2, -0.15) is 5.10 Å². The Kier molecular flexibility index (Phi) is 4.72. The Morgan fingerprint density at radius 2 is 1.83 bits per heavy atom. The molecule has 0 saturated heterocycles. The minimum absolute atomic E-state index is 0.256. The molecular formula is C19H17N3O2. The molecule has 24 heavy (non-hydrogen) atoms. The van der Waals surface area contributed by atoms with E-state index in [9.17, 15) is 4.79 Å². The fraction of sp³-hybridized carbons (Fsp3) is 0.0526. The molecule has 0 unspecified atom stereocenters. The number of rotatable bonds is 5. The number of aromatic nitrogens is 1. The summed E-state index contributed by atoms with van der Waals surface area (Å²) in [7, 11) is 1.61. The summed E-state index contributed by atoms with van der Waals surface area (Å²) < 4.78 is 7.12. The monoisotopic (exact) mass is 319 g/mol. The van der Waals surface area contributed by atoms with E-state index >= 15 is 0 Å². The van der Waals surface area contributed by atoms with Crippen LogP contribution in [-0.4, -0.2) is 23.8 Å². The highest BCUT2D eigenvalue weighted by Crippen LogP contribution is 2.11. The van der Waals surface area contributed by atoms with Crippen LogP contribution in [-0.2, 0) is 0 Å². The van der Waals surface area contributed by atoms with Gasteiger partial charge in [0.2, 0.25) is 0 Å². The van der Waals surface area contributed by atoms with E-state index < -0.39 is 0 Å². The van der Waals surface area contributed by atoms with Crippen LogP contribution in [0.5, 0.6) is 5.75 Å². The number of carbonyl (C=O) groups excluding carboxylic acids is 1. The third-order valence-electron chi connectivity index (χ3n) is 3.51. The van der Waals surface area contributed by atoms with E-state index in [1.54, 1.807) is 25.5 Å². The lowest BCUT2D eigenvalue weighted by Crippen LogP contribution is -2.17. The summed E-state index contributed by atoms with van der Waals surface area (Å²) in [6.07, 6.45) is 5.48. The third-order valence-corrected chi connectivity index (χ3v) is 3.51. The van der Waals surface area contributed by atoms with Crippen LogP contribution in [0.25, 0.3) is 5.69 Å². The second-order valence-corrected chi connectivity index (χ2v) is 5.11. The molecule has 0 atom stereocenters. The van der Waals surface area contributed by atoms with Crippen molar-refractivity contribution in [3.63, 3.8) is 0 Å². The van der Waals surface area contributed by atoms with Gasteiger partial charge in [0, 0.05) is 23.6 Å². The average molecular weight is 319 g/mol. The molecule has 1 aromatic heterocycles. The smallest absolute Gasteiger partial charge is 0.271 e. The molecule has 5 heteroatoms. The van der Waals surface area contributed by atoms with Crippen LogP contribution in [0.4, 0.5) is 0 Å². The third kappa shape index (κ3) is 3.70. The second kappa shape index (κ2) is 7.28. The predicted molar refractivity (Wildman–Crippen MR) is 93.8 cm³/mol. The Bertz CT molecular complexity index is 837. The van der Waals surface area contributed by atoms with Crippen molar-refractivity contribution < 1.29 is 9.53 Å². The molecule has 3 rings (SSSR count). The average Bonchev–Trinajstić information content (AvgIpc) is 3.16. The van der Waals surface area contributed by atoms with Gasteiger partial charge in [0.05, 0.1) is 13.3 Å². The number of hydrazone groups is 1. The molecule has 0 bridgehead atoms. The van der Waals surface area contributed by atoms with Crippen molar-refractivity contribution in [3.8, 4) is 11.4 Å². The summed E-state index contributed by atoms with van der Waals surface area (Å²) in [4.78, 5) is 12.1. The molecule has 0 fully saturated rings. The standard InChI is InChI=1S/C19H17N3O2/c1-24-18-6-4-5-15(13-18)14-20-21-19(23)16-7-9-17(10-8-16)22-11-2-3-12-22/h2-14H,1H3,(H,21,23). The summed E-state index contributed by atoms with van der Waals surface area (Å²) in [5.41, 5.74) is 4.91. The maximum absolute atomic E-state index is 12.1. The van der Waals surface area contributed by atoms with Crippen LogP contribution < -0.4 is 10.2 Å². The molecule has 1 amide bonds. The SMILES string of the molecule is COc1cccc(C=NNC(=O)c2ccc(-n3cccc3)cc2)c1. The normalized spacial score (nSPS) is 10.7. The van der Waals surface area contributed by atoms with Crippen LogP contribution >= 0.6 is 0 Å². The molecule has 2 aromatic carbocycles. The van der Waals surface area contributed by atoms with E-state index in [0.717, 1.165) is 17.0 Å². The van der Waals surface area contributed by atoms with Gasteiger partial charge in [-0.05, 0) is 54.1 Å². The van der Waals surface area contributed by atoms with Crippen molar-refractivity contribution in [2.45, 2.75) is 0 Å². The maximum atomic E-state index is 12.1. The number of ether oxygens (including phenoxy) is 1. The quantitative estimate of drug-likeness (QED) is 0.580. The highest BCUT2D eigenvalue weighted by molar-refractivity contribution is 5.95. The van der Waals surface area contributed by atoms with Crippen molar-refractivity contribution in [3.05, 3.63) is 84.2 Å². The summed E-state index contributed by atoms with van der Waals surface area (Å²) in [5, 5.41) is 3.98. The molecule has 0 spiro atoms. The molecule has 120 valence electrons. The van der Waals surface area contributed by atoms with Gasteiger partial charge in [-0.1, -0.05) is 12.1 Å². The molecule has 1 N–H and O–H groups in total. The number of nitrogens with zero attached hydrogens (tertiary/aromatic N) is 2. The highest BCUT2D eigenvalue weighted by Gasteiger charge is 2.04. The van der Waals surface area contributed by atoms with E-state index in [1.807, 2.05) is 65.5 Å². The van der Waals surface area contributed by atoms with Crippen LogP contribution in [0.3, 0.4) is 0 Å². The van der Waals surface area contributed by atoms with Gasteiger partial charge in [0.1, 0.15) is 5.75 Å². The Morgan fingerprint density at radius 3 is 2.54 bits per heavy atom. The largest absolute Gasteiger partial charge is 0.497 e. The first-order valence-corrected chi connectivity index (χ1v) is 7.47. The Labute approximate surface area is 140 Å². The zero-order valence-electron chi connectivity index (χ0n) is 13.2. The molecule has 3 aromatic rings. The lowest BCUT2D eigenvalue weighted by molar-refractivity contribution is 0.0955. The van der Waals surface area contributed by atoms with Crippen molar-refractivity contribution in [1.82, 2.24) is 9.99 Å². The number of nitrogens with one attached hydrogen (secondary N) is 1. The van der Waals surface area contributed by atoms with Crippen molar-refractivity contribution in [1.29, 1.82) is 0 Å². The summed E-state index contributed by atoms with van der Waals surface area (Å²) in [6, 6.07) is 18.6. The molecule has 0 aliphatic heterocycles. The number of hydrogen-bond donors (Lipinski definition) is 1. The fourth-order valence-corrected chi connectivity index (χ4v) is 2.24. The first-order chi connectivity index (χ1) is 11.8. The Hall–Kier alpha value is -3.34. The molecule has 0 aliphatic rings. The van der Waals surface area contributed by atoms with Crippen molar-refractivity contribution in [2.24, 2.45) is 5.10 Å². The first-order valence-electron chi connectivity index (χ1n) is 7.47. The van der Waals surface area contributed by atoms with Gasteiger partial charge in [-0.3, -0.25) is 4.79 Å². The zero-order valence-corrected chi connectivity index (χ0v) is 13.2. The maximum Gasteiger partial charge on any atom is 0.271 e. The number of hydrogen-bond acceptors (Lipinski definition) is 3. The Morgan fingerprint density at radius 1 is 1.08 bits per heavy atom. The van der Waals surface area contributed by atoms with E-state index in [2.05, 4.69) is 10.5 Å². The summed E-state index contributed by atoms with van der Waals surface area (Å²) >= 11 is 0. The number of methoxy groups -OCH3 is 1. The zero-order chi connectivity index (χ0) is 16.8. The van der Waals surface area contributed by atoms with Gasteiger partial charge in [0.15, 0.2) is 0 Å². The topological polar surface area (TPSA) is 55.6 Å².